The number of hydrogen-bond acceptors (Lipinski definition) is 5. The number of oxazole rings is 1. The van der Waals surface area contributed by atoms with Crippen LogP contribution in [0, 0.1) is 0 Å². The molecule has 0 saturated carbocycles. The van der Waals surface area contributed by atoms with E-state index >= 15 is 0 Å². The van der Waals surface area contributed by atoms with E-state index in [1.807, 2.05) is 84.9 Å². The summed E-state index contributed by atoms with van der Waals surface area (Å²) in [5, 5.41) is 0. The van der Waals surface area contributed by atoms with E-state index in [4.69, 9.17) is 14.1 Å². The van der Waals surface area contributed by atoms with Crippen LogP contribution in [0.3, 0.4) is 0 Å². The van der Waals surface area contributed by atoms with Crippen LogP contribution in [-0.2, 0) is 22.4 Å². The first-order chi connectivity index (χ1) is 15.2. The second kappa shape index (κ2) is 9.76. The summed E-state index contributed by atoms with van der Waals surface area (Å²) in [5.41, 5.74) is 3.94. The van der Waals surface area contributed by atoms with Crippen molar-refractivity contribution in [3.63, 3.8) is 0 Å². The number of carbonyl (C=O) groups excluding carboxylic acids is 1. The Morgan fingerprint density at radius 1 is 0.871 bits per heavy atom. The summed E-state index contributed by atoms with van der Waals surface area (Å²) < 4.78 is 16.3. The fourth-order valence-electron chi connectivity index (χ4n) is 3.29. The Labute approximate surface area is 181 Å². The number of aromatic nitrogens is 1. The van der Waals surface area contributed by atoms with Crippen LogP contribution < -0.4 is 4.74 Å². The van der Waals surface area contributed by atoms with E-state index < -0.39 is 5.97 Å². The first kappa shape index (κ1) is 20.4. The second-order valence-corrected chi connectivity index (χ2v) is 7.03. The maximum atomic E-state index is 11.3. The fourth-order valence-corrected chi connectivity index (χ4v) is 3.29. The number of ether oxygens (including phenoxy) is 2. The molecule has 5 nitrogen and oxygen atoms in total. The molecule has 0 unspecified atom stereocenters. The van der Waals surface area contributed by atoms with Crippen LogP contribution in [0.5, 0.6) is 5.75 Å². The van der Waals surface area contributed by atoms with Crippen molar-refractivity contribution in [3.8, 4) is 28.3 Å². The molecule has 4 aromatic rings. The minimum absolute atomic E-state index is 0.111. The van der Waals surface area contributed by atoms with Crippen molar-refractivity contribution in [2.45, 2.75) is 12.8 Å². The van der Waals surface area contributed by atoms with Gasteiger partial charge in [0.15, 0.2) is 18.3 Å². The normalized spacial score (nSPS) is 10.6. The summed E-state index contributed by atoms with van der Waals surface area (Å²) in [6, 6.07) is 27.7. The van der Waals surface area contributed by atoms with Gasteiger partial charge in [-0.2, -0.15) is 0 Å². The first-order valence-corrected chi connectivity index (χ1v) is 10.1. The lowest BCUT2D eigenvalue weighted by Gasteiger charge is -2.06. The Bertz CT molecular complexity index is 1080. The van der Waals surface area contributed by atoms with E-state index in [1.165, 1.54) is 7.11 Å². The predicted octanol–water partition coefficient (Wildman–Crippen LogP) is 5.35. The molecular weight excluding hydrogens is 390 g/mol. The molecule has 31 heavy (non-hydrogen) atoms. The maximum Gasteiger partial charge on any atom is 0.343 e. The molecule has 1 heterocycles. The molecule has 4 rings (SSSR count). The van der Waals surface area contributed by atoms with Crippen molar-refractivity contribution in [3.05, 3.63) is 96.4 Å². The molecule has 0 spiro atoms. The van der Waals surface area contributed by atoms with Gasteiger partial charge in [-0.1, -0.05) is 72.8 Å². The smallest absolute Gasteiger partial charge is 0.343 e. The highest BCUT2D eigenvalue weighted by Gasteiger charge is 2.16. The molecule has 0 radical (unpaired) electrons. The Hall–Kier alpha value is -3.86. The average Bonchev–Trinajstić information content (AvgIpc) is 3.27. The van der Waals surface area contributed by atoms with Crippen LogP contribution in [0.2, 0.25) is 0 Å². The number of esters is 1. The molecule has 5 heteroatoms. The predicted molar refractivity (Wildman–Crippen MR) is 119 cm³/mol. The van der Waals surface area contributed by atoms with E-state index in [1.54, 1.807) is 0 Å². The molecule has 1 aromatic heterocycles. The van der Waals surface area contributed by atoms with Gasteiger partial charge in [0.05, 0.1) is 7.11 Å². The lowest BCUT2D eigenvalue weighted by molar-refractivity contribution is -0.142. The summed E-state index contributed by atoms with van der Waals surface area (Å²) in [6.45, 7) is -0.111. The number of nitrogens with zero attached hydrogens (tertiary/aromatic N) is 1. The average molecular weight is 413 g/mol. The number of benzene rings is 3. The fraction of sp³-hybridized carbons (Fsp3) is 0.154. The van der Waals surface area contributed by atoms with E-state index in [0.29, 0.717) is 18.1 Å². The summed E-state index contributed by atoms with van der Waals surface area (Å²) in [5.74, 6) is 1.67. The zero-order valence-electron chi connectivity index (χ0n) is 17.3. The van der Waals surface area contributed by atoms with Crippen molar-refractivity contribution in [2.75, 3.05) is 13.7 Å². The van der Waals surface area contributed by atoms with Crippen molar-refractivity contribution < 1.29 is 18.7 Å². The summed E-state index contributed by atoms with van der Waals surface area (Å²) in [4.78, 5) is 16.1. The largest absolute Gasteiger partial charge is 0.482 e. The monoisotopic (exact) mass is 413 g/mol. The van der Waals surface area contributed by atoms with E-state index in [0.717, 1.165) is 34.6 Å². The molecule has 0 aliphatic heterocycles. The molecule has 0 aliphatic carbocycles. The maximum absolute atomic E-state index is 11.3. The van der Waals surface area contributed by atoms with Gasteiger partial charge in [-0.15, -0.1) is 0 Å². The lowest BCUT2D eigenvalue weighted by atomic mass is 10.1. The third-order valence-electron chi connectivity index (χ3n) is 4.87. The van der Waals surface area contributed by atoms with Gasteiger partial charge in [-0.3, -0.25) is 0 Å². The van der Waals surface area contributed by atoms with Gasteiger partial charge >= 0.3 is 5.97 Å². The van der Waals surface area contributed by atoms with Gasteiger partial charge in [0, 0.05) is 17.5 Å². The molecule has 0 saturated heterocycles. The molecular formula is C26H23NO4. The van der Waals surface area contributed by atoms with Crippen LogP contribution in [0.4, 0.5) is 0 Å². The quantitative estimate of drug-likeness (QED) is 0.365. The Kier molecular flexibility index (Phi) is 6.43. The third-order valence-corrected chi connectivity index (χ3v) is 4.87. The standard InChI is InChI=1S/C26H23NO4/c1-29-24(28)18-30-22-14-8-9-19(17-22)15-16-23-27-25(20-10-4-2-5-11-20)26(31-23)21-12-6-3-7-13-21/h2-14,17H,15-16,18H2,1H3. The van der Waals surface area contributed by atoms with Gasteiger partial charge < -0.3 is 13.9 Å². The van der Waals surface area contributed by atoms with Gasteiger partial charge in [-0.05, 0) is 24.1 Å². The topological polar surface area (TPSA) is 61.6 Å². The highest BCUT2D eigenvalue weighted by Crippen LogP contribution is 2.33. The minimum Gasteiger partial charge on any atom is -0.482 e. The molecule has 156 valence electrons. The van der Waals surface area contributed by atoms with Crippen LogP contribution in [0.1, 0.15) is 11.5 Å². The van der Waals surface area contributed by atoms with Crippen molar-refractivity contribution in [1.82, 2.24) is 4.98 Å². The number of hydrogen-bond donors (Lipinski definition) is 0. The molecule has 3 aromatic carbocycles. The molecule has 0 fully saturated rings. The van der Waals surface area contributed by atoms with Crippen molar-refractivity contribution in [1.29, 1.82) is 0 Å². The molecule has 0 aliphatic rings. The number of rotatable bonds is 8. The second-order valence-electron chi connectivity index (χ2n) is 7.03. The number of aryl methyl sites for hydroxylation is 2. The highest BCUT2D eigenvalue weighted by molar-refractivity contribution is 5.76. The molecule has 0 bridgehead atoms. The van der Waals surface area contributed by atoms with E-state index in [-0.39, 0.29) is 6.61 Å². The van der Waals surface area contributed by atoms with E-state index in [2.05, 4.69) is 4.74 Å². The lowest BCUT2D eigenvalue weighted by Crippen LogP contribution is -2.12. The zero-order chi connectivity index (χ0) is 21.5. The van der Waals surface area contributed by atoms with Gasteiger partial charge in [0.2, 0.25) is 0 Å². The molecule has 0 amide bonds. The van der Waals surface area contributed by atoms with Crippen LogP contribution in [0.15, 0.2) is 89.3 Å². The van der Waals surface area contributed by atoms with Crippen LogP contribution in [0.25, 0.3) is 22.6 Å². The number of carbonyl (C=O) groups is 1. The molecule has 0 atom stereocenters. The Morgan fingerprint density at radius 2 is 1.58 bits per heavy atom. The van der Waals surface area contributed by atoms with Crippen molar-refractivity contribution >= 4 is 5.97 Å². The van der Waals surface area contributed by atoms with Gasteiger partial charge in [0.25, 0.3) is 0 Å². The first-order valence-electron chi connectivity index (χ1n) is 10.1. The van der Waals surface area contributed by atoms with Crippen LogP contribution in [-0.4, -0.2) is 24.7 Å². The summed E-state index contributed by atoms with van der Waals surface area (Å²) >= 11 is 0. The molecule has 0 N–H and O–H groups in total. The minimum atomic E-state index is -0.410. The summed E-state index contributed by atoms with van der Waals surface area (Å²) in [7, 11) is 1.34. The summed E-state index contributed by atoms with van der Waals surface area (Å²) in [6.07, 6.45) is 1.38. The SMILES string of the molecule is COC(=O)COc1cccc(CCc2nc(-c3ccccc3)c(-c3ccccc3)o2)c1. The zero-order valence-corrected chi connectivity index (χ0v) is 17.3. The Balaban J connectivity index is 1.53. The van der Waals surface area contributed by atoms with Crippen LogP contribution >= 0.6 is 0 Å². The van der Waals surface area contributed by atoms with Gasteiger partial charge in [0.1, 0.15) is 11.4 Å². The third kappa shape index (κ3) is 5.20. The highest BCUT2D eigenvalue weighted by atomic mass is 16.6. The van der Waals surface area contributed by atoms with Crippen molar-refractivity contribution in [2.24, 2.45) is 0 Å². The van der Waals surface area contributed by atoms with Gasteiger partial charge in [-0.25, -0.2) is 9.78 Å². The van der Waals surface area contributed by atoms with E-state index in [9.17, 15) is 4.79 Å². The Morgan fingerprint density at radius 3 is 2.29 bits per heavy atom. The number of methoxy groups -OCH3 is 1.